The summed E-state index contributed by atoms with van der Waals surface area (Å²) in [5.74, 6) is 0.580. The minimum atomic E-state index is -0.225. The molecular weight excluding hydrogens is 194 g/mol. The predicted molar refractivity (Wildman–Crippen MR) is 54.6 cm³/mol. The number of aryl methyl sites for hydroxylation is 1. The Morgan fingerprint density at radius 1 is 1.73 bits per heavy atom. The van der Waals surface area contributed by atoms with E-state index in [2.05, 4.69) is 15.6 Å². The van der Waals surface area contributed by atoms with Crippen molar-refractivity contribution in [1.29, 1.82) is 0 Å². The lowest BCUT2D eigenvalue weighted by molar-refractivity contribution is 0.0894. The van der Waals surface area contributed by atoms with E-state index in [0.29, 0.717) is 5.76 Å². The third-order valence-electron chi connectivity index (χ3n) is 2.45. The highest BCUT2D eigenvalue weighted by molar-refractivity contribution is 5.89. The summed E-state index contributed by atoms with van der Waals surface area (Å²) < 4.78 is 5.14. The number of carbonyl (C=O) groups excluding carboxylic acids is 1. The van der Waals surface area contributed by atoms with E-state index in [-0.39, 0.29) is 17.8 Å². The van der Waals surface area contributed by atoms with Gasteiger partial charge in [-0.3, -0.25) is 4.79 Å². The number of oxazole rings is 1. The van der Waals surface area contributed by atoms with E-state index in [1.54, 1.807) is 13.1 Å². The summed E-state index contributed by atoms with van der Waals surface area (Å²) in [6, 6.07) is 0.193. The molecule has 5 nitrogen and oxygen atoms in total. The monoisotopic (exact) mass is 209 g/mol. The SMILES string of the molecule is Cc1cnc(C(=O)NC2CCCNC2)o1. The molecule has 82 valence electrons. The van der Waals surface area contributed by atoms with E-state index < -0.39 is 0 Å². The zero-order valence-electron chi connectivity index (χ0n) is 8.75. The van der Waals surface area contributed by atoms with Crippen molar-refractivity contribution >= 4 is 5.91 Å². The fourth-order valence-corrected chi connectivity index (χ4v) is 1.68. The van der Waals surface area contributed by atoms with Crippen LogP contribution in [-0.4, -0.2) is 30.0 Å². The summed E-state index contributed by atoms with van der Waals surface area (Å²) >= 11 is 0. The summed E-state index contributed by atoms with van der Waals surface area (Å²) in [6.07, 6.45) is 3.65. The summed E-state index contributed by atoms with van der Waals surface area (Å²) in [5.41, 5.74) is 0. The summed E-state index contributed by atoms with van der Waals surface area (Å²) in [6.45, 7) is 3.63. The van der Waals surface area contributed by atoms with Crippen molar-refractivity contribution in [2.45, 2.75) is 25.8 Å². The van der Waals surface area contributed by atoms with Crippen molar-refractivity contribution in [2.75, 3.05) is 13.1 Å². The molecule has 1 atom stereocenters. The van der Waals surface area contributed by atoms with Crippen LogP contribution in [0.1, 0.15) is 29.3 Å². The number of aromatic nitrogens is 1. The molecule has 1 aliphatic heterocycles. The van der Waals surface area contributed by atoms with Gasteiger partial charge < -0.3 is 15.1 Å². The predicted octanol–water partition coefficient (Wildman–Crippen LogP) is 0.465. The third kappa shape index (κ3) is 2.56. The lowest BCUT2D eigenvalue weighted by atomic mass is 10.1. The van der Waals surface area contributed by atoms with Crippen molar-refractivity contribution in [3.8, 4) is 0 Å². The molecule has 0 radical (unpaired) electrons. The molecule has 0 bridgehead atoms. The Labute approximate surface area is 88.3 Å². The number of hydrogen-bond acceptors (Lipinski definition) is 4. The first-order valence-electron chi connectivity index (χ1n) is 5.20. The van der Waals surface area contributed by atoms with Gasteiger partial charge in [-0.2, -0.15) is 0 Å². The maximum atomic E-state index is 11.6. The molecule has 1 amide bonds. The lowest BCUT2D eigenvalue weighted by Gasteiger charge is -2.22. The van der Waals surface area contributed by atoms with Crippen LogP contribution in [0.2, 0.25) is 0 Å². The number of nitrogens with one attached hydrogen (secondary N) is 2. The molecule has 0 aromatic carbocycles. The van der Waals surface area contributed by atoms with Crippen molar-refractivity contribution < 1.29 is 9.21 Å². The highest BCUT2D eigenvalue weighted by atomic mass is 16.4. The largest absolute Gasteiger partial charge is 0.438 e. The first-order chi connectivity index (χ1) is 7.25. The minimum absolute atomic E-state index is 0.151. The Balaban J connectivity index is 1.91. The van der Waals surface area contributed by atoms with Crippen molar-refractivity contribution in [3.63, 3.8) is 0 Å². The molecule has 1 fully saturated rings. The van der Waals surface area contributed by atoms with Crippen LogP contribution in [0.5, 0.6) is 0 Å². The van der Waals surface area contributed by atoms with Crippen LogP contribution in [0.4, 0.5) is 0 Å². The van der Waals surface area contributed by atoms with Crippen LogP contribution in [0.25, 0.3) is 0 Å². The van der Waals surface area contributed by atoms with Crippen LogP contribution < -0.4 is 10.6 Å². The molecule has 2 heterocycles. The van der Waals surface area contributed by atoms with E-state index in [1.165, 1.54) is 0 Å². The van der Waals surface area contributed by atoms with E-state index in [9.17, 15) is 4.79 Å². The van der Waals surface area contributed by atoms with Crippen LogP contribution in [-0.2, 0) is 0 Å². The van der Waals surface area contributed by atoms with E-state index in [4.69, 9.17) is 4.42 Å². The zero-order valence-corrected chi connectivity index (χ0v) is 8.75. The van der Waals surface area contributed by atoms with Gasteiger partial charge in [0.1, 0.15) is 5.76 Å². The van der Waals surface area contributed by atoms with Gasteiger partial charge in [-0.15, -0.1) is 0 Å². The molecule has 1 aromatic rings. The van der Waals surface area contributed by atoms with Crippen molar-refractivity contribution in [2.24, 2.45) is 0 Å². The normalized spacial score (nSPS) is 21.3. The first-order valence-corrected chi connectivity index (χ1v) is 5.20. The molecule has 0 spiro atoms. The minimum Gasteiger partial charge on any atom is -0.438 e. The van der Waals surface area contributed by atoms with Crippen LogP contribution in [0, 0.1) is 6.92 Å². The second kappa shape index (κ2) is 4.44. The Bertz CT molecular complexity index is 342. The average Bonchev–Trinajstić information content (AvgIpc) is 2.66. The van der Waals surface area contributed by atoms with Crippen molar-refractivity contribution in [3.05, 3.63) is 17.8 Å². The van der Waals surface area contributed by atoms with Gasteiger partial charge in [-0.05, 0) is 26.3 Å². The fourth-order valence-electron chi connectivity index (χ4n) is 1.68. The van der Waals surface area contributed by atoms with Gasteiger partial charge in [0, 0.05) is 12.6 Å². The lowest BCUT2D eigenvalue weighted by Crippen LogP contribution is -2.45. The van der Waals surface area contributed by atoms with Gasteiger partial charge in [0.2, 0.25) is 0 Å². The van der Waals surface area contributed by atoms with Gasteiger partial charge >= 0.3 is 5.91 Å². The molecule has 1 unspecified atom stereocenters. The molecule has 15 heavy (non-hydrogen) atoms. The van der Waals surface area contributed by atoms with E-state index in [0.717, 1.165) is 25.9 Å². The number of rotatable bonds is 2. The van der Waals surface area contributed by atoms with Crippen molar-refractivity contribution in [1.82, 2.24) is 15.6 Å². The van der Waals surface area contributed by atoms with E-state index in [1.807, 2.05) is 0 Å². The van der Waals surface area contributed by atoms with E-state index >= 15 is 0 Å². The van der Waals surface area contributed by atoms with Gasteiger partial charge in [0.25, 0.3) is 5.89 Å². The molecule has 5 heteroatoms. The molecule has 1 saturated heterocycles. The topological polar surface area (TPSA) is 67.2 Å². The Kier molecular flexibility index (Phi) is 3.01. The maximum Gasteiger partial charge on any atom is 0.307 e. The van der Waals surface area contributed by atoms with Crippen LogP contribution in [0.3, 0.4) is 0 Å². The molecule has 0 saturated carbocycles. The highest BCUT2D eigenvalue weighted by Crippen LogP contribution is 2.05. The number of piperidine rings is 1. The highest BCUT2D eigenvalue weighted by Gasteiger charge is 2.18. The van der Waals surface area contributed by atoms with Gasteiger partial charge in [0.05, 0.1) is 6.20 Å². The number of amides is 1. The molecule has 2 N–H and O–H groups in total. The molecule has 0 aliphatic carbocycles. The fraction of sp³-hybridized carbons (Fsp3) is 0.600. The Morgan fingerprint density at radius 3 is 3.20 bits per heavy atom. The maximum absolute atomic E-state index is 11.6. The van der Waals surface area contributed by atoms with Crippen LogP contribution >= 0.6 is 0 Å². The number of carbonyl (C=O) groups is 1. The Hall–Kier alpha value is -1.36. The molecule has 2 rings (SSSR count). The Morgan fingerprint density at radius 2 is 2.60 bits per heavy atom. The quantitative estimate of drug-likeness (QED) is 0.742. The van der Waals surface area contributed by atoms with Gasteiger partial charge in [-0.1, -0.05) is 0 Å². The average molecular weight is 209 g/mol. The molecular formula is C10H15N3O2. The zero-order chi connectivity index (χ0) is 10.7. The smallest absolute Gasteiger partial charge is 0.307 e. The summed E-state index contributed by atoms with van der Waals surface area (Å²) in [5, 5.41) is 6.12. The second-order valence-electron chi connectivity index (χ2n) is 3.79. The standard InChI is InChI=1S/C10H15N3O2/c1-7-5-12-10(15-7)9(14)13-8-3-2-4-11-6-8/h5,8,11H,2-4,6H2,1H3,(H,13,14). The first kappa shape index (κ1) is 10.2. The summed E-state index contributed by atoms with van der Waals surface area (Å²) in [4.78, 5) is 15.5. The summed E-state index contributed by atoms with van der Waals surface area (Å²) in [7, 11) is 0. The molecule has 1 aliphatic rings. The number of hydrogen-bond donors (Lipinski definition) is 2. The third-order valence-corrected chi connectivity index (χ3v) is 2.45. The van der Waals surface area contributed by atoms with Gasteiger partial charge in [0.15, 0.2) is 0 Å². The van der Waals surface area contributed by atoms with Crippen LogP contribution in [0.15, 0.2) is 10.6 Å². The van der Waals surface area contributed by atoms with Gasteiger partial charge in [-0.25, -0.2) is 4.98 Å². The number of nitrogens with zero attached hydrogens (tertiary/aromatic N) is 1. The second-order valence-corrected chi connectivity index (χ2v) is 3.79. The molecule has 1 aromatic heterocycles.